The lowest BCUT2D eigenvalue weighted by molar-refractivity contribution is -0.137. The molecule has 2 N–H and O–H groups in total. The number of likely N-dealkylation sites (N-methyl/N-ethyl adjacent to an activating group) is 1. The topological polar surface area (TPSA) is 70.7 Å². The average Bonchev–Trinajstić information content (AvgIpc) is 2.67. The van der Waals surface area contributed by atoms with E-state index in [1.165, 1.54) is 30.2 Å². The molecule has 0 aliphatic carbocycles. The lowest BCUT2D eigenvalue weighted by atomic mass is 10.1. The fourth-order valence-corrected chi connectivity index (χ4v) is 2.59. The van der Waals surface area contributed by atoms with Gasteiger partial charge in [0.05, 0.1) is 31.5 Å². The average molecular weight is 409 g/mol. The third kappa shape index (κ3) is 6.79. The van der Waals surface area contributed by atoms with Crippen molar-refractivity contribution in [3.63, 3.8) is 0 Å². The molecule has 0 fully saturated rings. The maximum atomic E-state index is 13.0. The summed E-state index contributed by atoms with van der Waals surface area (Å²) in [6.45, 7) is 1.80. The summed E-state index contributed by atoms with van der Waals surface area (Å²) in [5.74, 6) is -0.338. The summed E-state index contributed by atoms with van der Waals surface area (Å²) in [5.41, 5.74) is -0.673. The molecule has 0 aromatic heterocycles. The molecule has 0 radical (unpaired) electrons. The maximum Gasteiger partial charge on any atom is 0.418 e. The van der Waals surface area contributed by atoms with Crippen molar-refractivity contribution >= 4 is 23.2 Å². The molecule has 29 heavy (non-hydrogen) atoms. The maximum absolute atomic E-state index is 13.0. The van der Waals surface area contributed by atoms with Gasteiger partial charge in [0.1, 0.15) is 5.75 Å². The van der Waals surface area contributed by atoms with Crippen molar-refractivity contribution in [3.8, 4) is 5.75 Å². The van der Waals surface area contributed by atoms with Gasteiger partial charge in [0, 0.05) is 5.69 Å². The first-order valence-corrected chi connectivity index (χ1v) is 8.85. The summed E-state index contributed by atoms with van der Waals surface area (Å²) in [6, 6.07) is 11.5. The molecule has 0 spiro atoms. The summed E-state index contributed by atoms with van der Waals surface area (Å²) in [7, 11) is 1.53. The number of hydrogen-bond acceptors (Lipinski definition) is 4. The van der Waals surface area contributed by atoms with Crippen molar-refractivity contribution in [1.82, 2.24) is 4.90 Å². The number of ether oxygens (including phenoxy) is 1. The molecule has 156 valence electrons. The Morgan fingerprint density at radius 3 is 2.10 bits per heavy atom. The minimum atomic E-state index is -4.58. The third-order valence-corrected chi connectivity index (χ3v) is 4.06. The van der Waals surface area contributed by atoms with Crippen LogP contribution in [0.15, 0.2) is 48.5 Å². The van der Waals surface area contributed by atoms with Gasteiger partial charge in [0.2, 0.25) is 11.8 Å². The van der Waals surface area contributed by atoms with E-state index in [4.69, 9.17) is 4.74 Å². The van der Waals surface area contributed by atoms with Gasteiger partial charge in [0.25, 0.3) is 0 Å². The molecule has 0 aliphatic heterocycles. The highest BCUT2D eigenvalue weighted by atomic mass is 19.4. The smallest absolute Gasteiger partial charge is 0.418 e. The van der Waals surface area contributed by atoms with Crippen molar-refractivity contribution in [2.75, 3.05) is 37.4 Å². The van der Waals surface area contributed by atoms with Gasteiger partial charge in [-0.05, 0) is 42.9 Å². The van der Waals surface area contributed by atoms with Crippen molar-refractivity contribution in [3.05, 3.63) is 54.1 Å². The Balaban J connectivity index is 1.93. The van der Waals surface area contributed by atoms with Crippen LogP contribution in [0.4, 0.5) is 24.5 Å². The number of para-hydroxylation sites is 1. The zero-order valence-corrected chi connectivity index (χ0v) is 16.0. The van der Waals surface area contributed by atoms with Crippen LogP contribution in [0.1, 0.15) is 12.5 Å². The molecular formula is C20H22F3N3O3. The number of hydrogen-bond donors (Lipinski definition) is 2. The largest absolute Gasteiger partial charge is 0.497 e. The molecule has 2 aromatic rings. The van der Waals surface area contributed by atoms with E-state index in [1.807, 2.05) is 0 Å². The van der Waals surface area contributed by atoms with E-state index in [-0.39, 0.29) is 24.7 Å². The van der Waals surface area contributed by atoms with Crippen LogP contribution in [0, 0.1) is 0 Å². The molecule has 2 rings (SSSR count). The molecule has 0 atom stereocenters. The number of anilines is 2. The SMILES string of the molecule is CCN(CC(=O)Nc1ccc(OC)cc1)CC(=O)Nc1ccccc1C(F)(F)F. The highest BCUT2D eigenvalue weighted by molar-refractivity contribution is 5.95. The second-order valence-corrected chi connectivity index (χ2v) is 6.17. The minimum Gasteiger partial charge on any atom is -0.497 e. The van der Waals surface area contributed by atoms with Crippen LogP contribution in [0.25, 0.3) is 0 Å². The zero-order chi connectivity index (χ0) is 21.4. The van der Waals surface area contributed by atoms with Gasteiger partial charge >= 0.3 is 6.18 Å². The molecule has 2 amide bonds. The van der Waals surface area contributed by atoms with Crippen LogP contribution in [0.5, 0.6) is 5.75 Å². The van der Waals surface area contributed by atoms with Crippen molar-refractivity contribution in [2.45, 2.75) is 13.1 Å². The lowest BCUT2D eigenvalue weighted by Gasteiger charge is -2.20. The number of benzene rings is 2. The molecule has 0 saturated carbocycles. The number of nitrogens with zero attached hydrogens (tertiary/aromatic N) is 1. The van der Waals surface area contributed by atoms with Gasteiger partial charge in [-0.1, -0.05) is 19.1 Å². The predicted octanol–water partition coefficient (Wildman–Crippen LogP) is 3.61. The van der Waals surface area contributed by atoms with Gasteiger partial charge in [-0.3, -0.25) is 14.5 Å². The van der Waals surface area contributed by atoms with Crippen molar-refractivity contribution < 1.29 is 27.5 Å². The van der Waals surface area contributed by atoms with E-state index in [0.29, 0.717) is 18.0 Å². The van der Waals surface area contributed by atoms with Gasteiger partial charge in [0.15, 0.2) is 0 Å². The van der Waals surface area contributed by atoms with Crippen LogP contribution in [-0.4, -0.2) is 43.5 Å². The quantitative estimate of drug-likeness (QED) is 0.699. The third-order valence-electron chi connectivity index (χ3n) is 4.06. The highest BCUT2D eigenvalue weighted by Gasteiger charge is 2.33. The Labute approximate surface area is 166 Å². The van der Waals surface area contributed by atoms with Crippen molar-refractivity contribution in [1.29, 1.82) is 0 Å². The lowest BCUT2D eigenvalue weighted by Crippen LogP contribution is -2.38. The molecule has 9 heteroatoms. The summed E-state index contributed by atoms with van der Waals surface area (Å²) in [4.78, 5) is 25.9. The Morgan fingerprint density at radius 2 is 1.55 bits per heavy atom. The normalized spacial score (nSPS) is 11.2. The monoisotopic (exact) mass is 409 g/mol. The van der Waals surface area contributed by atoms with E-state index in [9.17, 15) is 22.8 Å². The highest BCUT2D eigenvalue weighted by Crippen LogP contribution is 2.34. The van der Waals surface area contributed by atoms with E-state index in [1.54, 1.807) is 31.2 Å². The van der Waals surface area contributed by atoms with Crippen LogP contribution in [0.3, 0.4) is 0 Å². The van der Waals surface area contributed by atoms with Crippen LogP contribution in [0.2, 0.25) is 0 Å². The Kier molecular flexibility index (Phi) is 7.60. The van der Waals surface area contributed by atoms with E-state index >= 15 is 0 Å². The summed E-state index contributed by atoms with van der Waals surface area (Å²) >= 11 is 0. The van der Waals surface area contributed by atoms with Crippen LogP contribution >= 0.6 is 0 Å². The van der Waals surface area contributed by atoms with Gasteiger partial charge in [-0.15, -0.1) is 0 Å². The number of halogens is 3. The first kappa shape index (κ1) is 22.2. The molecule has 2 aromatic carbocycles. The summed E-state index contributed by atoms with van der Waals surface area (Å²) < 4.78 is 44.1. The molecule has 0 saturated heterocycles. The predicted molar refractivity (Wildman–Crippen MR) is 104 cm³/mol. The Morgan fingerprint density at radius 1 is 0.966 bits per heavy atom. The summed E-state index contributed by atoms with van der Waals surface area (Å²) in [5, 5.41) is 4.96. The zero-order valence-electron chi connectivity index (χ0n) is 16.0. The van der Waals surface area contributed by atoms with Gasteiger partial charge < -0.3 is 15.4 Å². The number of rotatable bonds is 8. The molecule has 0 bridgehead atoms. The van der Waals surface area contributed by atoms with Crippen LogP contribution in [-0.2, 0) is 15.8 Å². The molecule has 0 unspecified atom stereocenters. The van der Waals surface area contributed by atoms with Crippen molar-refractivity contribution in [2.24, 2.45) is 0 Å². The van der Waals surface area contributed by atoms with Gasteiger partial charge in [-0.25, -0.2) is 0 Å². The molecule has 0 heterocycles. The summed E-state index contributed by atoms with van der Waals surface area (Å²) in [6.07, 6.45) is -4.58. The van der Waals surface area contributed by atoms with E-state index < -0.39 is 17.6 Å². The number of carbonyl (C=O) groups excluding carboxylic acids is 2. The standard InChI is InChI=1S/C20H22F3N3O3/c1-3-26(12-18(27)24-14-8-10-15(29-2)11-9-14)13-19(28)25-17-7-5-4-6-16(17)20(21,22)23/h4-11H,3,12-13H2,1-2H3,(H,24,27)(H,25,28). The number of nitrogens with one attached hydrogen (secondary N) is 2. The second kappa shape index (κ2) is 9.92. The first-order valence-electron chi connectivity index (χ1n) is 8.85. The molecule has 6 nitrogen and oxygen atoms in total. The van der Waals surface area contributed by atoms with Gasteiger partial charge in [-0.2, -0.15) is 13.2 Å². The first-order chi connectivity index (χ1) is 13.7. The van der Waals surface area contributed by atoms with E-state index in [2.05, 4.69) is 10.6 Å². The van der Waals surface area contributed by atoms with E-state index in [0.717, 1.165) is 6.07 Å². The number of carbonyl (C=O) groups is 2. The number of methoxy groups -OCH3 is 1. The fourth-order valence-electron chi connectivity index (χ4n) is 2.59. The molecular weight excluding hydrogens is 387 g/mol. The fraction of sp³-hybridized carbons (Fsp3) is 0.300. The Bertz CT molecular complexity index is 839. The van der Waals surface area contributed by atoms with Crippen LogP contribution < -0.4 is 15.4 Å². The Hall–Kier alpha value is -3.07. The number of alkyl halides is 3. The molecule has 0 aliphatic rings. The minimum absolute atomic E-state index is 0.0864. The number of amides is 2. The second-order valence-electron chi connectivity index (χ2n) is 6.17.